The highest BCUT2D eigenvalue weighted by Crippen LogP contribution is 2.44. The maximum absolute atomic E-state index is 12.7. The van der Waals surface area contributed by atoms with E-state index in [-0.39, 0.29) is 29.2 Å². The number of fused-ring (bicyclic) bond motifs is 5. The Morgan fingerprint density at radius 3 is 1.90 bits per heavy atom. The first-order valence-electron chi connectivity index (χ1n) is 54.0. The van der Waals surface area contributed by atoms with Crippen LogP contribution in [0.2, 0.25) is 5.02 Å². The van der Waals surface area contributed by atoms with Gasteiger partial charge < -0.3 is 76.7 Å². The summed E-state index contributed by atoms with van der Waals surface area (Å²) in [5.41, 5.74) is 31.6. The number of nitrogen functional groups attached to an aromatic ring is 1. The maximum Gasteiger partial charge on any atom is 0.269 e. The zero-order valence-electron chi connectivity index (χ0n) is 87.8. The second kappa shape index (κ2) is 50.4. The molecule has 1 amide bonds. The molecule has 0 spiro atoms. The molecule has 9 N–H and O–H groups in total. The molecule has 21 rings (SSSR count). The van der Waals surface area contributed by atoms with Crippen LogP contribution < -0.4 is 47.3 Å². The van der Waals surface area contributed by atoms with Crippen molar-refractivity contribution in [3.63, 3.8) is 0 Å². The first kappa shape index (κ1) is 106. The molecule has 6 aromatic carbocycles. The molecule has 2 atom stereocenters. The number of likely N-dealkylation sites (tertiary alicyclic amines) is 1. The number of halogens is 1. The highest BCUT2D eigenvalue weighted by molar-refractivity contribution is 7.89. The number of aliphatic hydroxyl groups is 1. The third-order valence-electron chi connectivity index (χ3n) is 31.4. The molecule has 0 bridgehead atoms. The number of nitrogens with one attached hydrogen (secondary N) is 4. The summed E-state index contributed by atoms with van der Waals surface area (Å²) in [6.07, 6.45) is 25.6. The molecule has 35 heteroatoms. The van der Waals surface area contributed by atoms with Crippen LogP contribution in [0.25, 0.3) is 17.1 Å². The molecular weight excluding hydrogens is 1900 g/mol. The number of unbranched alkanes of at least 4 members (excludes halogenated alkanes) is 1. The Hall–Kier alpha value is -11.5. The Balaban J connectivity index is 0.000000129. The van der Waals surface area contributed by atoms with Crippen LogP contribution in [0, 0.1) is 0 Å². The number of ether oxygens (including phenoxy) is 2. The first-order chi connectivity index (χ1) is 72.0. The zero-order chi connectivity index (χ0) is 103. The van der Waals surface area contributed by atoms with E-state index in [0.717, 1.165) is 259 Å². The van der Waals surface area contributed by atoms with E-state index in [2.05, 4.69) is 238 Å². The van der Waals surface area contributed by atoms with Crippen LogP contribution in [-0.4, -0.2) is 317 Å². The first-order valence-corrected chi connectivity index (χ1v) is 55.8. The maximum atomic E-state index is 12.7. The van der Waals surface area contributed by atoms with Gasteiger partial charge >= 0.3 is 0 Å². The SMILES string of the molecule is CCCCNc1ncc2c(n1)N(C1CCC(O)CC1)CC2c1ccc(CN2CCN(C)CC2)cc1.CCc1nc(C(N)=O)c(Cc2ccc(N3CCC(N4CCN(C)CC4)CC3)c(OC)c2)nc1NC1CCOCC1.CN1CCN(Cc2ccc(Nc3ncc(Cl)c(Cc4ccccc4S(=O)(=O)N(C)C)n3)cc2)CC1.Nc1nc(Nc2ccc3c(c2)CC[C@@H](N2CCCC2)CC3)nn1-c1cc2c(nn1)-c1ccccc1CCC2. The van der Waals surface area contributed by atoms with Crippen molar-refractivity contribution in [3.8, 4) is 22.8 Å². The molecule has 33 nitrogen and oxygen atoms in total. The average molecular weight is 2050 g/mol. The molecule has 12 heterocycles. The molecule has 6 saturated heterocycles. The quantitative estimate of drug-likeness (QED) is 0.0169. The molecule has 1 saturated carbocycles. The fourth-order valence-corrected chi connectivity index (χ4v) is 23.7. The lowest BCUT2D eigenvalue weighted by Gasteiger charge is -2.42. The second-order valence-corrected chi connectivity index (χ2v) is 44.4. The Labute approximate surface area is 879 Å². The average Bonchev–Trinajstić information content (AvgIpc) is 1.60. The number of nitrogens with zero attached hydrogens (tertiary/aromatic N) is 21. The number of sulfonamides is 1. The number of piperidine rings is 1. The fraction of sp³-hybridized carbons (Fsp3) is 0.513. The summed E-state index contributed by atoms with van der Waals surface area (Å²) in [7, 11) is 7.74. The van der Waals surface area contributed by atoms with Crippen molar-refractivity contribution in [1.29, 1.82) is 0 Å². The summed E-state index contributed by atoms with van der Waals surface area (Å²) in [6.45, 7) is 27.7. The number of anilines is 9. The molecule has 11 aromatic rings. The van der Waals surface area contributed by atoms with Crippen molar-refractivity contribution >= 4 is 80.0 Å². The van der Waals surface area contributed by atoms with E-state index < -0.39 is 15.9 Å². The van der Waals surface area contributed by atoms with Crippen LogP contribution in [0.5, 0.6) is 5.75 Å². The number of hydrogen-bond acceptors (Lipinski definition) is 30. The van der Waals surface area contributed by atoms with E-state index in [4.69, 9.17) is 47.5 Å². The summed E-state index contributed by atoms with van der Waals surface area (Å²) in [4.78, 5) is 67.8. The highest BCUT2D eigenvalue weighted by Gasteiger charge is 2.39. The molecule has 7 fully saturated rings. The van der Waals surface area contributed by atoms with Crippen LogP contribution in [-0.2, 0) is 72.8 Å². The van der Waals surface area contributed by atoms with E-state index in [1.165, 1.54) is 139 Å². The van der Waals surface area contributed by atoms with Gasteiger partial charge in [0.1, 0.15) is 23.1 Å². The number of aryl methyl sites for hydroxylation is 5. The number of carbonyl (C=O) groups is 1. The minimum atomic E-state index is -3.59. The lowest BCUT2D eigenvalue weighted by atomic mass is 9.91. The predicted octanol–water partition coefficient (Wildman–Crippen LogP) is 14.6. The monoisotopic (exact) mass is 2050 g/mol. The molecular formula is C113H152ClN27O6S. The summed E-state index contributed by atoms with van der Waals surface area (Å²) < 4.78 is 39.6. The molecule has 7 aliphatic heterocycles. The lowest BCUT2D eigenvalue weighted by Crippen LogP contribution is -2.52. The number of methoxy groups -OCH3 is 1. The summed E-state index contributed by atoms with van der Waals surface area (Å²) in [6, 6.07) is 50.0. The second-order valence-electron chi connectivity index (χ2n) is 41.9. The molecule has 0 radical (unpaired) electrons. The van der Waals surface area contributed by atoms with E-state index in [9.17, 15) is 18.3 Å². The van der Waals surface area contributed by atoms with Gasteiger partial charge in [-0.1, -0.05) is 123 Å². The third-order valence-corrected chi connectivity index (χ3v) is 33.6. The van der Waals surface area contributed by atoms with Crippen molar-refractivity contribution in [1.82, 2.24) is 93.5 Å². The van der Waals surface area contributed by atoms with Crippen LogP contribution in [0.1, 0.15) is 199 Å². The third kappa shape index (κ3) is 27.1. The van der Waals surface area contributed by atoms with Gasteiger partial charge in [-0.25, -0.2) is 37.6 Å². The number of likely N-dealkylation sites (N-methyl/N-ethyl adjacent to an activating group) is 3. The van der Waals surface area contributed by atoms with Crippen LogP contribution in [0.3, 0.4) is 0 Å². The van der Waals surface area contributed by atoms with Gasteiger partial charge in [0.15, 0.2) is 5.82 Å². The number of nitrogens with two attached hydrogens (primary N) is 2. The lowest BCUT2D eigenvalue weighted by molar-refractivity contribution is 0.0903. The van der Waals surface area contributed by atoms with E-state index in [1.807, 2.05) is 25.1 Å². The number of amides is 1. The minimum Gasteiger partial charge on any atom is -0.495 e. The van der Waals surface area contributed by atoms with Crippen molar-refractivity contribution in [3.05, 3.63) is 235 Å². The van der Waals surface area contributed by atoms with Gasteiger partial charge in [0.05, 0.1) is 57.8 Å². The normalized spacial score (nSPS) is 20.0. The van der Waals surface area contributed by atoms with E-state index in [0.29, 0.717) is 82.5 Å². The smallest absolute Gasteiger partial charge is 0.269 e. The topological polar surface area (TPSA) is 356 Å². The summed E-state index contributed by atoms with van der Waals surface area (Å²) in [5, 5.41) is 37.8. The number of rotatable bonds is 29. The van der Waals surface area contributed by atoms with Gasteiger partial charge in [0.2, 0.25) is 33.8 Å². The van der Waals surface area contributed by atoms with E-state index >= 15 is 0 Å². The number of aromatic nitrogens is 11. The standard InChI is InChI=1S/C30H34N8.C30H45N7O3.C28H42N6O.C25H31ClN6O2S/c31-29-33-30(32-24-13-10-20-11-14-25(15-12-22(20)18-24)37-16-3-4-17-37)36-38(29)27-19-23-8-5-7-21-6-1-2-9-26(21)28(23)35-34-27;1-4-24-30(32-22-9-17-40-18-10-22)34-25(28(33-24)29(31)38)19-21-5-6-26(27(20-21)39-3)37-11-7-23(8-12-37)36-15-13-35(2)14-16-36;1-3-4-13-29-28-30-18-25-26(20-34(27(25)31-28)23-9-11-24(35)12-10-23)22-7-5-21(6-8-22)19-33-16-14-32(2)15-17-33;1-30(2)35(33,34)24-7-5-4-6-20(24)16-23-22(26)17-27-25(29-23)28-21-10-8-19(9-11-21)18-32-14-12-31(3)13-15-32/h1-2,6,9-10,13,18-19,25H,3-5,7-8,11-12,14-17H2,(H3,31,32,33,36);5-6,20,22-23H,4,7-19H2,1-3H3,(H2,31,38)(H,32,34);5-8,18,23-24,26,35H,3-4,9-17,19-20H2,1-2H3,(H,29,30,31);4-11,17H,12-16,18H2,1-3H3,(H,27,28,29)/t25-;;;/m0.../s1. The predicted molar refractivity (Wildman–Crippen MR) is 589 cm³/mol. The van der Waals surface area contributed by atoms with Crippen LogP contribution in [0.4, 0.5) is 52.5 Å². The van der Waals surface area contributed by atoms with Gasteiger partial charge in [-0.05, 0) is 255 Å². The number of carbonyl (C=O) groups excluding carboxylic acids is 1. The number of aliphatic hydroxyl groups excluding tert-OH is 1. The number of benzene rings is 6. The van der Waals surface area contributed by atoms with Crippen LogP contribution >= 0.6 is 11.6 Å². The number of hydrogen-bond donors (Lipinski definition) is 7. The molecule has 10 aliphatic rings. The summed E-state index contributed by atoms with van der Waals surface area (Å²) >= 11 is 6.38. The molecule has 5 aromatic heterocycles. The Kier molecular flexibility index (Phi) is 36.2. The van der Waals surface area contributed by atoms with Gasteiger partial charge in [-0.2, -0.15) is 14.6 Å². The van der Waals surface area contributed by atoms with Crippen molar-refractivity contribution in [2.45, 2.75) is 209 Å². The van der Waals surface area contributed by atoms with E-state index in [1.54, 1.807) is 30.0 Å². The highest BCUT2D eigenvalue weighted by atomic mass is 35.5. The van der Waals surface area contributed by atoms with Crippen LogP contribution in [0.15, 0.2) is 157 Å². The fourth-order valence-electron chi connectivity index (χ4n) is 22.4. The largest absolute Gasteiger partial charge is 0.495 e. The Morgan fingerprint density at radius 1 is 0.574 bits per heavy atom. The van der Waals surface area contributed by atoms with Gasteiger partial charge in [0, 0.05) is 217 Å². The zero-order valence-corrected chi connectivity index (χ0v) is 89.4. The van der Waals surface area contributed by atoms with Crippen molar-refractivity contribution in [2.75, 3.05) is 210 Å². The minimum absolute atomic E-state index is 0.145. The molecule has 148 heavy (non-hydrogen) atoms. The summed E-state index contributed by atoms with van der Waals surface area (Å²) in [5.74, 6) is 4.90. The van der Waals surface area contributed by atoms with Crippen molar-refractivity contribution < 1.29 is 27.8 Å². The molecule has 788 valence electrons. The number of primary amides is 1. The molecule has 3 aliphatic carbocycles. The Morgan fingerprint density at radius 2 is 1.21 bits per heavy atom. The van der Waals surface area contributed by atoms with Crippen molar-refractivity contribution in [2.24, 2.45) is 5.73 Å². The van der Waals surface area contributed by atoms with Gasteiger partial charge in [0.25, 0.3) is 5.91 Å². The molecule has 1 unspecified atom stereocenters. The Bertz CT molecular complexity index is 6350. The number of piperazine rings is 3. The van der Waals surface area contributed by atoms with Gasteiger partial charge in [-0.3, -0.25) is 19.5 Å². The van der Waals surface area contributed by atoms with Gasteiger partial charge in [-0.15, -0.1) is 15.3 Å².